The molecule has 1 aliphatic heterocycles. The van der Waals surface area contributed by atoms with Crippen LogP contribution in [-0.4, -0.2) is 49.2 Å². The molecule has 18 heavy (non-hydrogen) atoms. The molecule has 0 saturated carbocycles. The van der Waals surface area contributed by atoms with Gasteiger partial charge >= 0.3 is 0 Å². The fourth-order valence-electron chi connectivity index (χ4n) is 1.74. The van der Waals surface area contributed by atoms with Crippen molar-refractivity contribution in [3.63, 3.8) is 0 Å². The average molecular weight is 260 g/mol. The van der Waals surface area contributed by atoms with Crippen LogP contribution in [0.15, 0.2) is 12.2 Å². The Morgan fingerprint density at radius 1 is 1.22 bits per heavy atom. The standard InChI is InChI=1S/C13H24O5/c1-5-15-10(4)17-11-6-7-13(16-9(2)3)18-12(11)8-14/h6-7,9-14H,5,8H2,1-4H3/t10?,11-,12+,13-/m0/s1. The first-order chi connectivity index (χ1) is 8.56. The summed E-state index contributed by atoms with van der Waals surface area (Å²) in [5.74, 6) is 0. The second-order valence-electron chi connectivity index (χ2n) is 4.42. The Bertz CT molecular complexity index is 254. The number of rotatable bonds is 7. The van der Waals surface area contributed by atoms with Gasteiger partial charge in [0, 0.05) is 6.61 Å². The summed E-state index contributed by atoms with van der Waals surface area (Å²) < 4.78 is 22.1. The smallest absolute Gasteiger partial charge is 0.177 e. The summed E-state index contributed by atoms with van der Waals surface area (Å²) >= 11 is 0. The summed E-state index contributed by atoms with van der Waals surface area (Å²) in [6, 6.07) is 0. The van der Waals surface area contributed by atoms with Gasteiger partial charge in [-0.15, -0.1) is 0 Å². The van der Waals surface area contributed by atoms with E-state index in [1.165, 1.54) is 0 Å². The van der Waals surface area contributed by atoms with Crippen LogP contribution in [0.5, 0.6) is 0 Å². The molecule has 0 radical (unpaired) electrons. The molecule has 1 rings (SSSR count). The summed E-state index contributed by atoms with van der Waals surface area (Å²) in [5.41, 5.74) is 0. The van der Waals surface area contributed by atoms with Crippen molar-refractivity contribution in [1.82, 2.24) is 0 Å². The molecule has 0 bridgehead atoms. The van der Waals surface area contributed by atoms with E-state index in [2.05, 4.69) is 0 Å². The lowest BCUT2D eigenvalue weighted by atomic mass is 10.1. The van der Waals surface area contributed by atoms with Gasteiger partial charge in [0.15, 0.2) is 12.6 Å². The van der Waals surface area contributed by atoms with Crippen molar-refractivity contribution in [3.8, 4) is 0 Å². The molecule has 1 N–H and O–H groups in total. The minimum Gasteiger partial charge on any atom is -0.394 e. The summed E-state index contributed by atoms with van der Waals surface area (Å²) in [5, 5.41) is 9.32. The van der Waals surface area contributed by atoms with E-state index in [1.807, 2.05) is 33.8 Å². The minimum atomic E-state index is -0.429. The van der Waals surface area contributed by atoms with Crippen molar-refractivity contribution in [1.29, 1.82) is 0 Å². The van der Waals surface area contributed by atoms with Gasteiger partial charge in [0.25, 0.3) is 0 Å². The zero-order valence-electron chi connectivity index (χ0n) is 11.5. The van der Waals surface area contributed by atoms with E-state index >= 15 is 0 Å². The Morgan fingerprint density at radius 3 is 2.50 bits per heavy atom. The second-order valence-corrected chi connectivity index (χ2v) is 4.42. The quantitative estimate of drug-likeness (QED) is 0.554. The van der Waals surface area contributed by atoms with Crippen LogP contribution in [-0.2, 0) is 18.9 Å². The van der Waals surface area contributed by atoms with Crippen molar-refractivity contribution in [3.05, 3.63) is 12.2 Å². The normalized spacial score (nSPS) is 29.8. The molecule has 106 valence electrons. The van der Waals surface area contributed by atoms with Gasteiger partial charge in [-0.1, -0.05) is 6.08 Å². The van der Waals surface area contributed by atoms with Crippen molar-refractivity contribution >= 4 is 0 Å². The lowest BCUT2D eigenvalue weighted by Crippen LogP contribution is -2.42. The molecule has 0 saturated heterocycles. The van der Waals surface area contributed by atoms with Crippen LogP contribution in [0.25, 0.3) is 0 Å². The summed E-state index contributed by atoms with van der Waals surface area (Å²) in [7, 11) is 0. The molecular weight excluding hydrogens is 236 g/mol. The van der Waals surface area contributed by atoms with Gasteiger partial charge in [-0.05, 0) is 33.8 Å². The number of ether oxygens (including phenoxy) is 4. The molecular formula is C13H24O5. The van der Waals surface area contributed by atoms with Crippen molar-refractivity contribution in [2.45, 2.75) is 58.6 Å². The Balaban J connectivity index is 2.53. The summed E-state index contributed by atoms with van der Waals surface area (Å²) in [6.07, 6.45) is 2.22. The molecule has 0 spiro atoms. The molecule has 0 fully saturated rings. The molecule has 0 aromatic heterocycles. The monoisotopic (exact) mass is 260 g/mol. The zero-order chi connectivity index (χ0) is 13.5. The molecule has 1 aliphatic rings. The van der Waals surface area contributed by atoms with Gasteiger partial charge in [-0.2, -0.15) is 0 Å². The molecule has 1 unspecified atom stereocenters. The predicted molar refractivity (Wildman–Crippen MR) is 67.1 cm³/mol. The molecule has 5 nitrogen and oxygen atoms in total. The summed E-state index contributed by atoms with van der Waals surface area (Å²) in [4.78, 5) is 0. The highest BCUT2D eigenvalue weighted by Gasteiger charge is 2.29. The average Bonchev–Trinajstić information content (AvgIpc) is 2.30. The topological polar surface area (TPSA) is 57.2 Å². The first-order valence-electron chi connectivity index (χ1n) is 6.44. The van der Waals surface area contributed by atoms with Crippen molar-refractivity contribution in [2.75, 3.05) is 13.2 Å². The highest BCUT2D eigenvalue weighted by atomic mass is 16.7. The van der Waals surface area contributed by atoms with Crippen LogP contribution in [0.1, 0.15) is 27.7 Å². The Hall–Kier alpha value is -0.460. The van der Waals surface area contributed by atoms with Gasteiger partial charge in [-0.25, -0.2) is 0 Å². The first-order valence-corrected chi connectivity index (χ1v) is 6.44. The molecule has 0 aromatic carbocycles. The fraction of sp³-hybridized carbons (Fsp3) is 0.846. The van der Waals surface area contributed by atoms with Gasteiger partial charge in [0.05, 0.1) is 12.7 Å². The maximum Gasteiger partial charge on any atom is 0.177 e. The number of aliphatic hydroxyl groups excluding tert-OH is 1. The lowest BCUT2D eigenvalue weighted by Gasteiger charge is -2.33. The van der Waals surface area contributed by atoms with Gasteiger partial charge in [0.2, 0.25) is 0 Å². The molecule has 4 atom stereocenters. The molecule has 0 aromatic rings. The van der Waals surface area contributed by atoms with Crippen molar-refractivity contribution in [2.24, 2.45) is 0 Å². The summed E-state index contributed by atoms with van der Waals surface area (Å²) in [6.45, 7) is 8.06. The van der Waals surface area contributed by atoms with Crippen LogP contribution >= 0.6 is 0 Å². The van der Waals surface area contributed by atoms with E-state index in [0.29, 0.717) is 6.61 Å². The number of aliphatic hydroxyl groups is 1. The second kappa shape index (κ2) is 7.86. The molecule has 5 heteroatoms. The Labute approximate surface area is 109 Å². The van der Waals surface area contributed by atoms with Gasteiger partial charge in [0.1, 0.15) is 12.2 Å². The first kappa shape index (κ1) is 15.6. The highest BCUT2D eigenvalue weighted by Crippen LogP contribution is 2.19. The Morgan fingerprint density at radius 2 is 1.94 bits per heavy atom. The third kappa shape index (κ3) is 5.04. The lowest BCUT2D eigenvalue weighted by molar-refractivity contribution is -0.229. The third-order valence-electron chi connectivity index (χ3n) is 2.47. The maximum absolute atomic E-state index is 9.32. The van der Waals surface area contributed by atoms with Crippen LogP contribution in [0.2, 0.25) is 0 Å². The van der Waals surface area contributed by atoms with Crippen LogP contribution in [0.4, 0.5) is 0 Å². The van der Waals surface area contributed by atoms with E-state index in [4.69, 9.17) is 18.9 Å². The van der Waals surface area contributed by atoms with E-state index in [1.54, 1.807) is 6.08 Å². The van der Waals surface area contributed by atoms with Crippen LogP contribution in [0.3, 0.4) is 0 Å². The maximum atomic E-state index is 9.32. The van der Waals surface area contributed by atoms with E-state index in [9.17, 15) is 5.11 Å². The van der Waals surface area contributed by atoms with Gasteiger partial charge < -0.3 is 24.1 Å². The van der Waals surface area contributed by atoms with Crippen molar-refractivity contribution < 1.29 is 24.1 Å². The largest absolute Gasteiger partial charge is 0.394 e. The molecule has 1 heterocycles. The minimum absolute atomic E-state index is 0.0683. The van der Waals surface area contributed by atoms with Crippen LogP contribution in [0, 0.1) is 0 Å². The van der Waals surface area contributed by atoms with Crippen LogP contribution < -0.4 is 0 Å². The van der Waals surface area contributed by atoms with E-state index in [0.717, 1.165) is 0 Å². The molecule has 0 amide bonds. The Kier molecular flexibility index (Phi) is 6.81. The van der Waals surface area contributed by atoms with Gasteiger partial charge in [-0.3, -0.25) is 0 Å². The highest BCUT2D eigenvalue weighted by molar-refractivity contribution is 5.00. The third-order valence-corrected chi connectivity index (χ3v) is 2.47. The zero-order valence-corrected chi connectivity index (χ0v) is 11.5. The predicted octanol–water partition coefficient (Wildman–Crippen LogP) is 1.45. The number of hydrogen-bond donors (Lipinski definition) is 1. The molecule has 0 aliphatic carbocycles. The number of hydrogen-bond acceptors (Lipinski definition) is 5. The van der Waals surface area contributed by atoms with E-state index < -0.39 is 12.4 Å². The fourth-order valence-corrected chi connectivity index (χ4v) is 1.74. The SMILES string of the molecule is CCOC(C)O[C@H]1C=C[C@@H](OC(C)C)O[C@@H]1CO. The van der Waals surface area contributed by atoms with E-state index in [-0.39, 0.29) is 25.1 Å².